The van der Waals surface area contributed by atoms with Crippen molar-refractivity contribution in [1.29, 1.82) is 0 Å². The minimum absolute atomic E-state index is 0.0413. The summed E-state index contributed by atoms with van der Waals surface area (Å²) >= 11 is 0. The lowest BCUT2D eigenvalue weighted by Gasteiger charge is -2.16. The minimum atomic E-state index is -4.90. The first-order valence-corrected chi connectivity index (χ1v) is 11.4. The van der Waals surface area contributed by atoms with E-state index < -0.39 is 25.2 Å². The maximum atomic E-state index is 12.5. The van der Waals surface area contributed by atoms with E-state index in [1.807, 2.05) is 19.9 Å². The summed E-state index contributed by atoms with van der Waals surface area (Å²) in [6.07, 6.45) is 0. The third-order valence-corrected chi connectivity index (χ3v) is 5.85. The number of carbonyl (C=O) groups excluding carboxylic acids is 1. The molecule has 2 aromatic heterocycles. The van der Waals surface area contributed by atoms with Crippen LogP contribution in [0.15, 0.2) is 52.9 Å². The van der Waals surface area contributed by atoms with E-state index in [-0.39, 0.29) is 22.9 Å². The maximum Gasteiger partial charge on any atom is 0.357 e. The lowest BCUT2D eigenvalue weighted by Crippen LogP contribution is -2.28. The van der Waals surface area contributed by atoms with Gasteiger partial charge in [-0.25, -0.2) is 0 Å². The molecular formula is C21H20N5O6P. The van der Waals surface area contributed by atoms with Gasteiger partial charge >= 0.3 is 7.60 Å². The number of amides is 1. The monoisotopic (exact) mass is 469 g/mol. The third-order valence-electron chi connectivity index (χ3n) is 4.83. The molecule has 0 fully saturated rings. The van der Waals surface area contributed by atoms with Gasteiger partial charge in [-0.1, -0.05) is 23.8 Å². The third kappa shape index (κ3) is 4.85. The van der Waals surface area contributed by atoms with Gasteiger partial charge in [0.25, 0.3) is 17.7 Å². The summed E-state index contributed by atoms with van der Waals surface area (Å²) in [7, 11) is -4.90. The molecule has 0 saturated heterocycles. The number of phenols is 1. The van der Waals surface area contributed by atoms with Crippen molar-refractivity contribution in [3.05, 3.63) is 71.1 Å². The quantitative estimate of drug-likeness (QED) is 0.266. The van der Waals surface area contributed by atoms with Crippen LogP contribution in [-0.2, 0) is 4.57 Å². The number of H-pyrrole nitrogens is 1. The van der Waals surface area contributed by atoms with Crippen LogP contribution in [0.2, 0.25) is 0 Å². The molecule has 0 radical (unpaired) electrons. The van der Waals surface area contributed by atoms with Crippen LogP contribution < -0.4 is 5.32 Å². The van der Waals surface area contributed by atoms with Crippen molar-refractivity contribution in [2.24, 2.45) is 0 Å². The predicted molar refractivity (Wildman–Crippen MR) is 117 cm³/mol. The summed E-state index contributed by atoms with van der Waals surface area (Å²) in [5.74, 6) is -3.07. The lowest BCUT2D eigenvalue weighted by molar-refractivity contribution is 0.0938. The highest BCUT2D eigenvalue weighted by Crippen LogP contribution is 2.49. The first-order valence-electron chi connectivity index (χ1n) is 9.74. The van der Waals surface area contributed by atoms with Crippen LogP contribution in [0.1, 0.15) is 33.2 Å². The highest BCUT2D eigenvalue weighted by Gasteiger charge is 2.37. The van der Waals surface area contributed by atoms with E-state index in [9.17, 15) is 24.3 Å². The van der Waals surface area contributed by atoms with Gasteiger partial charge in [-0.2, -0.15) is 5.10 Å². The van der Waals surface area contributed by atoms with Gasteiger partial charge in [0.1, 0.15) is 11.4 Å². The van der Waals surface area contributed by atoms with Crippen molar-refractivity contribution in [2.75, 3.05) is 0 Å². The predicted octanol–water partition coefficient (Wildman–Crippen LogP) is 3.06. The van der Waals surface area contributed by atoms with Gasteiger partial charge in [0.15, 0.2) is 0 Å². The van der Waals surface area contributed by atoms with E-state index in [2.05, 4.69) is 25.7 Å². The zero-order valence-electron chi connectivity index (χ0n) is 17.6. The largest absolute Gasteiger partial charge is 0.507 e. The Hall–Kier alpha value is -3.79. The Bertz CT molecular complexity index is 1360. The first-order chi connectivity index (χ1) is 15.6. The van der Waals surface area contributed by atoms with E-state index in [4.69, 9.17) is 4.42 Å². The topological polar surface area (TPSA) is 174 Å². The van der Waals surface area contributed by atoms with Crippen LogP contribution in [0.4, 0.5) is 0 Å². The number of nitrogens with one attached hydrogen (secondary N) is 2. The number of hydrogen-bond donors (Lipinski definition) is 5. The Morgan fingerprint density at radius 2 is 1.76 bits per heavy atom. The van der Waals surface area contributed by atoms with Gasteiger partial charge in [-0.15, -0.1) is 10.2 Å². The summed E-state index contributed by atoms with van der Waals surface area (Å²) in [6, 6.07) is 13.1. The Kier molecular flexibility index (Phi) is 5.86. The van der Waals surface area contributed by atoms with Crippen LogP contribution in [0.3, 0.4) is 0 Å². The van der Waals surface area contributed by atoms with Crippen molar-refractivity contribution in [3.63, 3.8) is 0 Å². The minimum Gasteiger partial charge on any atom is -0.507 e. The van der Waals surface area contributed by atoms with Crippen molar-refractivity contribution in [2.45, 2.75) is 19.6 Å². The fourth-order valence-electron chi connectivity index (χ4n) is 3.08. The second-order valence-corrected chi connectivity index (χ2v) is 9.16. The second kappa shape index (κ2) is 8.62. The second-order valence-electron chi connectivity index (χ2n) is 7.46. The molecule has 2 aromatic carbocycles. The van der Waals surface area contributed by atoms with Gasteiger partial charge in [0, 0.05) is 11.1 Å². The molecule has 12 heteroatoms. The number of aromatic amines is 1. The molecule has 4 aromatic rings. The Morgan fingerprint density at radius 3 is 2.42 bits per heavy atom. The number of nitrogens with zero attached hydrogens (tertiary/aromatic N) is 3. The number of phenolic OH excluding ortho intramolecular Hbond substituents is 1. The molecule has 0 aliphatic rings. The lowest BCUT2D eigenvalue weighted by atomic mass is 10.1. The van der Waals surface area contributed by atoms with Gasteiger partial charge in [-0.05, 0) is 49.7 Å². The molecule has 5 N–H and O–H groups in total. The SMILES string of the molecule is Cc1ccc(C(=O)NC(c2nnc(-c3cc(-c4ccc(C)cc4O)n[nH]3)o2)P(=O)(O)O)cc1. The molecule has 1 unspecified atom stereocenters. The molecular weight excluding hydrogens is 449 g/mol. The molecule has 170 valence electrons. The number of carbonyl (C=O) groups is 1. The molecule has 33 heavy (non-hydrogen) atoms. The Labute approximate surface area is 187 Å². The van der Waals surface area contributed by atoms with Crippen molar-refractivity contribution in [1.82, 2.24) is 25.7 Å². The van der Waals surface area contributed by atoms with E-state index in [1.54, 1.807) is 30.3 Å². The zero-order valence-corrected chi connectivity index (χ0v) is 18.4. The Balaban J connectivity index is 1.60. The fourth-order valence-corrected chi connectivity index (χ4v) is 3.76. The molecule has 11 nitrogen and oxygen atoms in total. The molecule has 1 atom stereocenters. The molecule has 0 bridgehead atoms. The Morgan fingerprint density at radius 1 is 1.06 bits per heavy atom. The van der Waals surface area contributed by atoms with E-state index in [0.717, 1.165) is 11.1 Å². The van der Waals surface area contributed by atoms with Crippen LogP contribution in [-0.4, -0.2) is 41.2 Å². The van der Waals surface area contributed by atoms with Crippen molar-refractivity contribution >= 4 is 13.5 Å². The molecule has 0 spiro atoms. The van der Waals surface area contributed by atoms with E-state index in [0.29, 0.717) is 11.3 Å². The standard InChI is InChI=1S/C21H20N5O6P/c1-11-3-6-13(7-4-11)18(28)22-21(33(29,30)31)20-26-25-19(32-20)16-10-15(23-24-16)14-8-5-12(2)9-17(14)27/h3-10,21,27H,1-2H3,(H,22,28)(H,23,24)(H2,29,30,31). The number of benzene rings is 2. The van der Waals surface area contributed by atoms with Crippen LogP contribution >= 0.6 is 7.60 Å². The summed E-state index contributed by atoms with van der Waals surface area (Å²) < 4.78 is 17.5. The summed E-state index contributed by atoms with van der Waals surface area (Å²) in [6.45, 7) is 3.69. The van der Waals surface area contributed by atoms with Gasteiger partial charge in [0.2, 0.25) is 5.78 Å². The highest BCUT2D eigenvalue weighted by molar-refractivity contribution is 7.52. The highest BCUT2D eigenvalue weighted by atomic mass is 31.2. The van der Waals surface area contributed by atoms with Crippen LogP contribution in [0.5, 0.6) is 5.75 Å². The smallest absolute Gasteiger partial charge is 0.357 e. The number of rotatable bonds is 6. The summed E-state index contributed by atoms with van der Waals surface area (Å²) in [4.78, 5) is 32.0. The molecule has 0 saturated carbocycles. The zero-order chi connectivity index (χ0) is 23.8. The molecule has 0 aliphatic carbocycles. The normalized spacial score (nSPS) is 12.5. The molecule has 0 aliphatic heterocycles. The van der Waals surface area contributed by atoms with Gasteiger partial charge in [0.05, 0.1) is 5.69 Å². The van der Waals surface area contributed by atoms with Crippen LogP contribution in [0.25, 0.3) is 22.8 Å². The van der Waals surface area contributed by atoms with Gasteiger partial charge < -0.3 is 24.6 Å². The summed E-state index contributed by atoms with van der Waals surface area (Å²) in [5, 5.41) is 26.7. The van der Waals surface area contributed by atoms with Gasteiger partial charge in [-0.3, -0.25) is 14.5 Å². The molecule has 4 rings (SSSR count). The molecule has 1 amide bonds. The number of aromatic hydroxyl groups is 1. The number of hydrogen-bond acceptors (Lipinski definition) is 7. The number of aromatic nitrogens is 4. The molecule has 2 heterocycles. The van der Waals surface area contributed by atoms with Crippen molar-refractivity contribution in [3.8, 4) is 28.6 Å². The first kappa shape index (κ1) is 22.4. The average Bonchev–Trinajstić information content (AvgIpc) is 3.41. The maximum absolute atomic E-state index is 12.5. The fraction of sp³-hybridized carbons (Fsp3) is 0.143. The average molecular weight is 469 g/mol. The van der Waals surface area contributed by atoms with E-state index >= 15 is 0 Å². The summed E-state index contributed by atoms with van der Waals surface area (Å²) in [5.41, 5.74) is 3.16. The van der Waals surface area contributed by atoms with Crippen molar-refractivity contribution < 1.29 is 28.7 Å². The van der Waals surface area contributed by atoms with Crippen LogP contribution in [0, 0.1) is 13.8 Å². The van der Waals surface area contributed by atoms with E-state index in [1.165, 1.54) is 12.1 Å². The number of aryl methyl sites for hydroxylation is 2.